The zero-order valence-corrected chi connectivity index (χ0v) is 15.5. The average molecular weight is 352 g/mol. The van der Waals surface area contributed by atoms with Crippen LogP contribution < -0.4 is 4.90 Å². The molecule has 2 aliphatic rings. The Morgan fingerprint density at radius 1 is 1.19 bits per heavy atom. The van der Waals surface area contributed by atoms with E-state index >= 15 is 0 Å². The normalized spacial score (nSPS) is 18.7. The summed E-state index contributed by atoms with van der Waals surface area (Å²) in [6.07, 6.45) is 3.16. The predicted octanol–water partition coefficient (Wildman–Crippen LogP) is 3.57. The molecule has 0 radical (unpaired) electrons. The van der Waals surface area contributed by atoms with Crippen LogP contribution >= 0.6 is 0 Å². The molecule has 0 N–H and O–H groups in total. The fourth-order valence-corrected chi connectivity index (χ4v) is 4.10. The average Bonchev–Trinajstić information content (AvgIpc) is 3.31. The highest BCUT2D eigenvalue weighted by Crippen LogP contribution is 2.38. The number of anilines is 1. The maximum Gasteiger partial charge on any atom is 0.340 e. The Hall–Kier alpha value is -2.56. The lowest BCUT2D eigenvalue weighted by molar-refractivity contribution is -0.122. The van der Waals surface area contributed by atoms with Crippen LogP contribution in [0, 0.1) is 13.8 Å². The zero-order valence-electron chi connectivity index (χ0n) is 15.5. The van der Waals surface area contributed by atoms with Gasteiger partial charge in [0.05, 0.1) is 5.56 Å². The summed E-state index contributed by atoms with van der Waals surface area (Å²) < 4.78 is 7.58. The molecule has 1 aliphatic carbocycles. The molecule has 26 heavy (non-hydrogen) atoms. The SMILES string of the molecule is Cc1cc(C(=O)OCC(=O)N2c3ccccc3C[C@@H]2C)c(C)n1C1CC1. The highest BCUT2D eigenvalue weighted by Gasteiger charge is 2.32. The van der Waals surface area contributed by atoms with E-state index in [4.69, 9.17) is 4.74 Å². The molecule has 0 spiro atoms. The number of carbonyl (C=O) groups is 2. The number of aromatic nitrogens is 1. The number of para-hydroxylation sites is 1. The molecular formula is C21H24N2O3. The molecule has 136 valence electrons. The van der Waals surface area contributed by atoms with Crippen LogP contribution in [0.3, 0.4) is 0 Å². The van der Waals surface area contributed by atoms with Gasteiger partial charge in [-0.05, 0) is 57.7 Å². The van der Waals surface area contributed by atoms with Crippen molar-refractivity contribution in [3.05, 3.63) is 52.8 Å². The number of hydrogen-bond donors (Lipinski definition) is 0. The molecule has 1 aromatic carbocycles. The number of esters is 1. The summed E-state index contributed by atoms with van der Waals surface area (Å²) in [6.45, 7) is 5.74. The van der Waals surface area contributed by atoms with Crippen LogP contribution in [0.15, 0.2) is 30.3 Å². The van der Waals surface area contributed by atoms with E-state index in [-0.39, 0.29) is 18.6 Å². The minimum absolute atomic E-state index is 0.0820. The quantitative estimate of drug-likeness (QED) is 0.791. The van der Waals surface area contributed by atoms with Gasteiger partial charge in [0.15, 0.2) is 6.61 Å². The maximum absolute atomic E-state index is 12.7. The molecule has 5 nitrogen and oxygen atoms in total. The molecule has 0 saturated heterocycles. The molecule has 4 rings (SSSR count). The first-order chi connectivity index (χ1) is 12.5. The summed E-state index contributed by atoms with van der Waals surface area (Å²) in [5, 5.41) is 0. The van der Waals surface area contributed by atoms with Crippen molar-refractivity contribution < 1.29 is 14.3 Å². The Labute approximate surface area is 153 Å². The lowest BCUT2D eigenvalue weighted by Gasteiger charge is -2.22. The van der Waals surface area contributed by atoms with Gasteiger partial charge in [0.1, 0.15) is 0 Å². The summed E-state index contributed by atoms with van der Waals surface area (Å²) in [7, 11) is 0. The van der Waals surface area contributed by atoms with Crippen molar-refractivity contribution >= 4 is 17.6 Å². The van der Waals surface area contributed by atoms with Crippen molar-refractivity contribution in [3.63, 3.8) is 0 Å². The number of rotatable bonds is 4. The van der Waals surface area contributed by atoms with Crippen LogP contribution in [0.2, 0.25) is 0 Å². The van der Waals surface area contributed by atoms with E-state index < -0.39 is 5.97 Å². The molecular weight excluding hydrogens is 328 g/mol. The van der Waals surface area contributed by atoms with E-state index in [1.165, 1.54) is 0 Å². The Morgan fingerprint density at radius 3 is 2.65 bits per heavy atom. The maximum atomic E-state index is 12.7. The number of carbonyl (C=O) groups excluding carboxylic acids is 2. The third-order valence-electron chi connectivity index (χ3n) is 5.42. The third-order valence-corrected chi connectivity index (χ3v) is 5.42. The summed E-state index contributed by atoms with van der Waals surface area (Å²) >= 11 is 0. The van der Waals surface area contributed by atoms with Crippen LogP contribution in [0.25, 0.3) is 0 Å². The van der Waals surface area contributed by atoms with Crippen LogP contribution in [0.1, 0.15) is 53.1 Å². The second-order valence-electron chi connectivity index (χ2n) is 7.41. The van der Waals surface area contributed by atoms with Crippen molar-refractivity contribution in [3.8, 4) is 0 Å². The van der Waals surface area contributed by atoms with Crippen LogP contribution in [-0.2, 0) is 16.0 Å². The molecule has 1 amide bonds. The molecule has 0 bridgehead atoms. The molecule has 1 fully saturated rings. The topological polar surface area (TPSA) is 51.5 Å². The number of benzene rings is 1. The van der Waals surface area contributed by atoms with Crippen molar-refractivity contribution in [1.29, 1.82) is 0 Å². The summed E-state index contributed by atoms with van der Waals surface area (Å²) in [5.74, 6) is -0.592. The number of aryl methyl sites for hydroxylation is 1. The van der Waals surface area contributed by atoms with Gasteiger partial charge in [0, 0.05) is 29.2 Å². The first-order valence-corrected chi connectivity index (χ1v) is 9.23. The molecule has 1 atom stereocenters. The van der Waals surface area contributed by atoms with Gasteiger partial charge in [-0.25, -0.2) is 4.79 Å². The highest BCUT2D eigenvalue weighted by molar-refractivity contribution is 5.99. The van der Waals surface area contributed by atoms with Gasteiger partial charge in [0.2, 0.25) is 0 Å². The number of ether oxygens (including phenoxy) is 1. The molecule has 0 unspecified atom stereocenters. The largest absolute Gasteiger partial charge is 0.452 e. The summed E-state index contributed by atoms with van der Waals surface area (Å²) in [5.41, 5.74) is 4.66. The zero-order chi connectivity index (χ0) is 18.4. The fraction of sp³-hybridized carbons (Fsp3) is 0.429. The minimum Gasteiger partial charge on any atom is -0.452 e. The van der Waals surface area contributed by atoms with Gasteiger partial charge >= 0.3 is 5.97 Å². The Morgan fingerprint density at radius 2 is 1.92 bits per heavy atom. The molecule has 2 aromatic rings. The predicted molar refractivity (Wildman–Crippen MR) is 99.6 cm³/mol. The van der Waals surface area contributed by atoms with Crippen LogP contribution in [0.5, 0.6) is 0 Å². The molecule has 5 heteroatoms. The highest BCUT2D eigenvalue weighted by atomic mass is 16.5. The monoisotopic (exact) mass is 352 g/mol. The van der Waals surface area contributed by atoms with E-state index in [1.807, 2.05) is 51.1 Å². The fourth-order valence-electron chi connectivity index (χ4n) is 4.10. The second kappa shape index (κ2) is 6.31. The van der Waals surface area contributed by atoms with Gasteiger partial charge in [-0.15, -0.1) is 0 Å². The summed E-state index contributed by atoms with van der Waals surface area (Å²) in [4.78, 5) is 26.9. The first kappa shape index (κ1) is 16.9. The van der Waals surface area contributed by atoms with E-state index in [0.717, 1.165) is 41.9 Å². The Balaban J connectivity index is 1.45. The van der Waals surface area contributed by atoms with Crippen molar-refractivity contribution in [2.75, 3.05) is 11.5 Å². The molecule has 1 aromatic heterocycles. The molecule has 1 saturated carbocycles. The van der Waals surface area contributed by atoms with Crippen molar-refractivity contribution in [2.24, 2.45) is 0 Å². The van der Waals surface area contributed by atoms with E-state index in [2.05, 4.69) is 4.57 Å². The minimum atomic E-state index is -0.418. The van der Waals surface area contributed by atoms with Crippen LogP contribution in [0.4, 0.5) is 5.69 Å². The van der Waals surface area contributed by atoms with E-state index in [0.29, 0.717) is 11.6 Å². The van der Waals surface area contributed by atoms with Gasteiger partial charge in [-0.2, -0.15) is 0 Å². The lowest BCUT2D eigenvalue weighted by atomic mass is 10.1. The van der Waals surface area contributed by atoms with E-state index in [1.54, 1.807) is 4.90 Å². The van der Waals surface area contributed by atoms with Gasteiger partial charge < -0.3 is 14.2 Å². The first-order valence-electron chi connectivity index (χ1n) is 9.23. The summed E-state index contributed by atoms with van der Waals surface area (Å²) in [6, 6.07) is 10.4. The second-order valence-corrected chi connectivity index (χ2v) is 7.41. The Bertz CT molecular complexity index is 879. The number of nitrogens with zero attached hydrogens (tertiary/aromatic N) is 2. The smallest absolute Gasteiger partial charge is 0.340 e. The lowest BCUT2D eigenvalue weighted by Crippen LogP contribution is -2.38. The van der Waals surface area contributed by atoms with Crippen molar-refractivity contribution in [2.45, 2.75) is 52.1 Å². The molecule has 1 aliphatic heterocycles. The Kier molecular flexibility index (Phi) is 4.10. The number of fused-ring (bicyclic) bond motifs is 1. The number of amides is 1. The molecule has 2 heterocycles. The van der Waals surface area contributed by atoms with Crippen molar-refractivity contribution in [1.82, 2.24) is 4.57 Å². The van der Waals surface area contributed by atoms with Gasteiger partial charge in [-0.3, -0.25) is 4.79 Å². The van der Waals surface area contributed by atoms with E-state index in [9.17, 15) is 9.59 Å². The van der Waals surface area contributed by atoms with Crippen LogP contribution in [-0.4, -0.2) is 29.1 Å². The standard InChI is InChI=1S/C21H24N2O3/c1-13-10-16-6-4-5-7-19(16)23(13)20(24)12-26-21(25)18-11-14(2)22(15(18)3)17-8-9-17/h4-7,11,13,17H,8-10,12H2,1-3H3/t13-/m0/s1. The van der Waals surface area contributed by atoms with Gasteiger partial charge in [0.25, 0.3) is 5.91 Å². The third kappa shape index (κ3) is 2.81. The van der Waals surface area contributed by atoms with Gasteiger partial charge in [-0.1, -0.05) is 18.2 Å². The number of hydrogen-bond acceptors (Lipinski definition) is 3.